The highest BCUT2D eigenvalue weighted by atomic mass is 14.7. The Hall–Kier alpha value is -1.09. The topological polar surface area (TPSA) is 64.9 Å². The lowest BCUT2D eigenvalue weighted by atomic mass is 10.1. The highest BCUT2D eigenvalue weighted by molar-refractivity contribution is 5.44. The number of hydrogen-bond acceptors (Lipinski definition) is 3. The standard InChI is InChI=1S/C8H13N3/c9-4-1-2-7-6-11-5-3-8(7)10/h3,5-6H,1-2,4,9H2,(H2,10,11). The van der Waals surface area contributed by atoms with Crippen LogP contribution >= 0.6 is 0 Å². The summed E-state index contributed by atoms with van der Waals surface area (Å²) >= 11 is 0. The van der Waals surface area contributed by atoms with E-state index in [1.165, 1.54) is 0 Å². The summed E-state index contributed by atoms with van der Waals surface area (Å²) in [4.78, 5) is 3.98. The van der Waals surface area contributed by atoms with Crippen LogP contribution in [-0.2, 0) is 6.42 Å². The number of hydrogen-bond donors (Lipinski definition) is 2. The molecule has 0 spiro atoms. The van der Waals surface area contributed by atoms with Crippen molar-refractivity contribution in [1.82, 2.24) is 4.98 Å². The highest BCUT2D eigenvalue weighted by Gasteiger charge is 1.95. The first-order valence-electron chi connectivity index (χ1n) is 3.73. The fraction of sp³-hybridized carbons (Fsp3) is 0.375. The highest BCUT2D eigenvalue weighted by Crippen LogP contribution is 2.09. The molecule has 3 nitrogen and oxygen atoms in total. The van der Waals surface area contributed by atoms with E-state index in [9.17, 15) is 0 Å². The second kappa shape index (κ2) is 3.93. The van der Waals surface area contributed by atoms with Crippen LogP contribution in [0.3, 0.4) is 0 Å². The van der Waals surface area contributed by atoms with Crippen molar-refractivity contribution < 1.29 is 0 Å². The van der Waals surface area contributed by atoms with E-state index in [1.54, 1.807) is 12.4 Å². The maximum absolute atomic E-state index is 5.68. The zero-order valence-electron chi connectivity index (χ0n) is 6.46. The minimum atomic E-state index is 0.703. The summed E-state index contributed by atoms with van der Waals surface area (Å²) in [5.41, 5.74) is 13.0. The van der Waals surface area contributed by atoms with Gasteiger partial charge in [-0.25, -0.2) is 0 Å². The van der Waals surface area contributed by atoms with E-state index in [0.717, 1.165) is 24.1 Å². The summed E-state index contributed by atoms with van der Waals surface area (Å²) in [6, 6.07) is 1.81. The van der Waals surface area contributed by atoms with Crippen LogP contribution in [0.15, 0.2) is 18.5 Å². The van der Waals surface area contributed by atoms with Gasteiger partial charge in [0.05, 0.1) is 0 Å². The molecule has 1 heterocycles. The maximum atomic E-state index is 5.68. The maximum Gasteiger partial charge on any atom is 0.0377 e. The molecule has 1 aromatic heterocycles. The van der Waals surface area contributed by atoms with Gasteiger partial charge in [-0.3, -0.25) is 4.98 Å². The Labute approximate surface area is 66.4 Å². The molecule has 4 N–H and O–H groups in total. The first-order valence-corrected chi connectivity index (χ1v) is 3.73. The molecule has 0 unspecified atom stereocenters. The molecule has 0 bridgehead atoms. The molecule has 0 radical (unpaired) electrons. The lowest BCUT2D eigenvalue weighted by Gasteiger charge is -2.01. The monoisotopic (exact) mass is 151 g/mol. The third-order valence-corrected chi connectivity index (χ3v) is 1.59. The summed E-state index contributed by atoms with van der Waals surface area (Å²) in [7, 11) is 0. The predicted octanol–water partition coefficient (Wildman–Crippen LogP) is 0.555. The Kier molecular flexibility index (Phi) is 2.86. The molecule has 11 heavy (non-hydrogen) atoms. The second-order valence-electron chi connectivity index (χ2n) is 2.47. The van der Waals surface area contributed by atoms with Crippen LogP contribution in [0.2, 0.25) is 0 Å². The van der Waals surface area contributed by atoms with Crippen molar-refractivity contribution in [3.8, 4) is 0 Å². The molecule has 0 aliphatic carbocycles. The zero-order valence-corrected chi connectivity index (χ0v) is 6.46. The first kappa shape index (κ1) is 8.01. The molecule has 1 aromatic rings. The Morgan fingerprint density at radius 3 is 2.91 bits per heavy atom. The molecule has 0 aliphatic heterocycles. The van der Waals surface area contributed by atoms with E-state index in [1.807, 2.05) is 6.07 Å². The van der Waals surface area contributed by atoms with Crippen LogP contribution in [0.4, 0.5) is 5.69 Å². The smallest absolute Gasteiger partial charge is 0.0377 e. The molecule has 60 valence electrons. The lowest BCUT2D eigenvalue weighted by molar-refractivity contribution is 0.830. The predicted molar refractivity (Wildman–Crippen MR) is 46.0 cm³/mol. The molecular formula is C8H13N3. The summed E-state index contributed by atoms with van der Waals surface area (Å²) in [6.45, 7) is 0.703. The molecule has 0 saturated carbocycles. The van der Waals surface area contributed by atoms with Gasteiger partial charge in [-0.05, 0) is 31.0 Å². The normalized spacial score (nSPS) is 9.91. The van der Waals surface area contributed by atoms with Gasteiger partial charge >= 0.3 is 0 Å². The van der Waals surface area contributed by atoms with Gasteiger partial charge in [0, 0.05) is 18.1 Å². The van der Waals surface area contributed by atoms with Gasteiger partial charge in [-0.15, -0.1) is 0 Å². The van der Waals surface area contributed by atoms with Crippen LogP contribution in [-0.4, -0.2) is 11.5 Å². The van der Waals surface area contributed by atoms with E-state index in [0.29, 0.717) is 6.54 Å². The van der Waals surface area contributed by atoms with Crippen molar-refractivity contribution in [3.05, 3.63) is 24.0 Å². The van der Waals surface area contributed by atoms with Crippen molar-refractivity contribution in [3.63, 3.8) is 0 Å². The number of rotatable bonds is 3. The summed E-state index contributed by atoms with van der Waals surface area (Å²) in [5, 5.41) is 0. The van der Waals surface area contributed by atoms with Crippen molar-refractivity contribution in [1.29, 1.82) is 0 Å². The Morgan fingerprint density at radius 1 is 1.45 bits per heavy atom. The molecule has 0 atom stereocenters. The third kappa shape index (κ3) is 2.20. The van der Waals surface area contributed by atoms with Crippen LogP contribution in [0.25, 0.3) is 0 Å². The number of nitrogen functional groups attached to an aromatic ring is 1. The Balaban J connectivity index is 2.62. The number of nitrogens with two attached hydrogens (primary N) is 2. The average Bonchev–Trinajstić information content (AvgIpc) is 2.03. The van der Waals surface area contributed by atoms with Gasteiger partial charge in [0.1, 0.15) is 0 Å². The van der Waals surface area contributed by atoms with Crippen LogP contribution in [0, 0.1) is 0 Å². The fourth-order valence-electron chi connectivity index (χ4n) is 0.939. The van der Waals surface area contributed by atoms with Crippen molar-refractivity contribution in [2.75, 3.05) is 12.3 Å². The number of anilines is 1. The third-order valence-electron chi connectivity index (χ3n) is 1.59. The SMILES string of the molecule is NCCCc1cnccc1N. The molecule has 0 saturated heterocycles. The summed E-state index contributed by atoms with van der Waals surface area (Å²) < 4.78 is 0. The van der Waals surface area contributed by atoms with Crippen molar-refractivity contribution >= 4 is 5.69 Å². The van der Waals surface area contributed by atoms with Crippen LogP contribution in [0.1, 0.15) is 12.0 Å². The lowest BCUT2D eigenvalue weighted by Crippen LogP contribution is -2.02. The Bertz CT molecular complexity index is 222. The molecular weight excluding hydrogens is 138 g/mol. The molecule has 0 aromatic carbocycles. The van der Waals surface area contributed by atoms with E-state index in [4.69, 9.17) is 11.5 Å². The zero-order chi connectivity index (χ0) is 8.10. The first-order chi connectivity index (χ1) is 5.34. The number of pyridine rings is 1. The molecule has 3 heteroatoms. The number of nitrogens with zero attached hydrogens (tertiary/aromatic N) is 1. The van der Waals surface area contributed by atoms with Crippen molar-refractivity contribution in [2.24, 2.45) is 5.73 Å². The number of aryl methyl sites for hydroxylation is 1. The van der Waals surface area contributed by atoms with E-state index >= 15 is 0 Å². The quantitative estimate of drug-likeness (QED) is 0.663. The minimum Gasteiger partial charge on any atom is -0.398 e. The second-order valence-corrected chi connectivity index (χ2v) is 2.47. The van der Waals surface area contributed by atoms with Gasteiger partial charge in [0.15, 0.2) is 0 Å². The van der Waals surface area contributed by atoms with Gasteiger partial charge < -0.3 is 11.5 Å². The largest absolute Gasteiger partial charge is 0.398 e. The molecule has 0 aliphatic rings. The Morgan fingerprint density at radius 2 is 2.27 bits per heavy atom. The molecule has 1 rings (SSSR count). The summed E-state index contributed by atoms with van der Waals surface area (Å²) in [5.74, 6) is 0. The van der Waals surface area contributed by atoms with Gasteiger partial charge in [0.2, 0.25) is 0 Å². The molecule has 0 amide bonds. The van der Waals surface area contributed by atoms with E-state index in [2.05, 4.69) is 4.98 Å². The van der Waals surface area contributed by atoms with E-state index < -0.39 is 0 Å². The van der Waals surface area contributed by atoms with Crippen LogP contribution in [0.5, 0.6) is 0 Å². The number of aromatic nitrogens is 1. The van der Waals surface area contributed by atoms with E-state index in [-0.39, 0.29) is 0 Å². The van der Waals surface area contributed by atoms with Crippen molar-refractivity contribution in [2.45, 2.75) is 12.8 Å². The summed E-state index contributed by atoms with van der Waals surface area (Å²) in [6.07, 6.45) is 5.39. The van der Waals surface area contributed by atoms with Crippen LogP contribution < -0.4 is 11.5 Å². The minimum absolute atomic E-state index is 0.703. The fourth-order valence-corrected chi connectivity index (χ4v) is 0.939. The molecule has 0 fully saturated rings. The van der Waals surface area contributed by atoms with Gasteiger partial charge in [0.25, 0.3) is 0 Å². The average molecular weight is 151 g/mol. The van der Waals surface area contributed by atoms with Gasteiger partial charge in [-0.2, -0.15) is 0 Å². The van der Waals surface area contributed by atoms with Gasteiger partial charge in [-0.1, -0.05) is 0 Å².